The third-order valence-electron chi connectivity index (χ3n) is 2.24. The molecular weight excluding hydrogens is 216 g/mol. The molecule has 0 aliphatic heterocycles. The van der Waals surface area contributed by atoms with Crippen LogP contribution < -0.4 is 5.32 Å². The third-order valence-corrected chi connectivity index (χ3v) is 2.57. The average Bonchev–Trinajstić information content (AvgIpc) is 2.60. The number of carbonyl (C=O) groups excluding carboxylic acids is 1. The molecule has 1 heterocycles. The van der Waals surface area contributed by atoms with Crippen molar-refractivity contribution in [3.63, 3.8) is 0 Å². The van der Waals surface area contributed by atoms with Crippen molar-refractivity contribution in [1.29, 1.82) is 0 Å². The average molecular weight is 231 g/mol. The molecule has 0 radical (unpaired) electrons. The molecule has 4 nitrogen and oxygen atoms in total. The van der Waals surface area contributed by atoms with Gasteiger partial charge in [-0.15, -0.1) is 11.6 Å². The molecule has 5 heteroatoms. The van der Waals surface area contributed by atoms with Gasteiger partial charge in [-0.3, -0.25) is 4.79 Å². The Morgan fingerprint density at radius 1 is 1.67 bits per heavy atom. The van der Waals surface area contributed by atoms with E-state index in [0.717, 1.165) is 0 Å². The van der Waals surface area contributed by atoms with E-state index in [-0.39, 0.29) is 23.6 Å². The molecular formula is C10H15ClN2O2. The van der Waals surface area contributed by atoms with Crippen LogP contribution in [0.15, 0.2) is 10.8 Å². The number of carbonyl (C=O) groups is 1. The number of nitrogens with zero attached hydrogens (tertiary/aromatic N) is 1. The number of rotatable bonds is 4. The molecule has 0 saturated carbocycles. The van der Waals surface area contributed by atoms with Crippen LogP contribution in [0.3, 0.4) is 0 Å². The maximum atomic E-state index is 11.7. The highest BCUT2D eigenvalue weighted by Crippen LogP contribution is 2.08. The highest BCUT2D eigenvalue weighted by Gasteiger charge is 2.19. The van der Waals surface area contributed by atoms with Crippen LogP contribution in [0.2, 0.25) is 0 Å². The fraction of sp³-hybridized carbons (Fsp3) is 0.600. The first-order chi connectivity index (χ1) is 7.06. The number of hydrogen-bond acceptors (Lipinski definition) is 3. The van der Waals surface area contributed by atoms with Crippen LogP contribution in [0.4, 0.5) is 0 Å². The van der Waals surface area contributed by atoms with E-state index in [4.69, 9.17) is 16.0 Å². The summed E-state index contributed by atoms with van der Waals surface area (Å²) in [4.78, 5) is 15.6. The Balaban J connectivity index is 2.67. The van der Waals surface area contributed by atoms with Crippen LogP contribution in [-0.4, -0.2) is 22.8 Å². The zero-order valence-electron chi connectivity index (χ0n) is 9.08. The van der Waals surface area contributed by atoms with E-state index in [0.29, 0.717) is 11.6 Å². The summed E-state index contributed by atoms with van der Waals surface area (Å²) in [7, 11) is 0. The van der Waals surface area contributed by atoms with Crippen molar-refractivity contribution < 1.29 is 9.21 Å². The van der Waals surface area contributed by atoms with E-state index < -0.39 is 0 Å². The topological polar surface area (TPSA) is 55.1 Å². The number of amides is 1. The summed E-state index contributed by atoms with van der Waals surface area (Å²) in [6.07, 6.45) is 1.26. The molecule has 0 saturated heterocycles. The molecule has 1 rings (SSSR count). The van der Waals surface area contributed by atoms with Gasteiger partial charge in [-0.25, -0.2) is 4.98 Å². The summed E-state index contributed by atoms with van der Waals surface area (Å²) >= 11 is 5.75. The second-order valence-electron chi connectivity index (χ2n) is 3.75. The van der Waals surface area contributed by atoms with Crippen LogP contribution in [0, 0.1) is 12.8 Å². The number of alkyl halides is 1. The predicted octanol–water partition coefficient (Wildman–Crippen LogP) is 1.98. The maximum Gasteiger partial charge on any atom is 0.289 e. The second kappa shape index (κ2) is 5.16. The van der Waals surface area contributed by atoms with Gasteiger partial charge in [0.15, 0.2) is 6.39 Å². The number of oxazole rings is 1. The fourth-order valence-corrected chi connectivity index (χ4v) is 1.57. The molecule has 0 aliphatic rings. The van der Waals surface area contributed by atoms with Crippen LogP contribution >= 0.6 is 11.6 Å². The molecule has 1 aromatic heterocycles. The van der Waals surface area contributed by atoms with Crippen molar-refractivity contribution >= 4 is 17.5 Å². The molecule has 84 valence electrons. The predicted molar refractivity (Wildman–Crippen MR) is 58.1 cm³/mol. The van der Waals surface area contributed by atoms with Crippen LogP contribution in [0.5, 0.6) is 0 Å². The molecule has 15 heavy (non-hydrogen) atoms. The zero-order chi connectivity index (χ0) is 11.4. The molecule has 1 N–H and O–H groups in total. The Labute approximate surface area is 94.0 Å². The van der Waals surface area contributed by atoms with E-state index in [2.05, 4.69) is 10.3 Å². The Kier molecular flexibility index (Phi) is 4.15. The quantitative estimate of drug-likeness (QED) is 0.805. The maximum absolute atomic E-state index is 11.7. The molecule has 0 spiro atoms. The molecule has 1 aromatic rings. The van der Waals surface area contributed by atoms with Gasteiger partial charge >= 0.3 is 0 Å². The highest BCUT2D eigenvalue weighted by atomic mass is 35.5. The summed E-state index contributed by atoms with van der Waals surface area (Å²) in [5, 5.41) is 2.80. The van der Waals surface area contributed by atoms with Crippen molar-refractivity contribution in [3.05, 3.63) is 17.8 Å². The van der Waals surface area contributed by atoms with Crippen LogP contribution in [-0.2, 0) is 0 Å². The normalized spacial score (nSPS) is 12.9. The first kappa shape index (κ1) is 12.0. The Morgan fingerprint density at radius 2 is 2.33 bits per heavy atom. The summed E-state index contributed by atoms with van der Waals surface area (Å²) in [5.74, 6) is 0.668. The minimum atomic E-state index is -0.260. The summed E-state index contributed by atoms with van der Waals surface area (Å²) in [6.45, 7) is 5.73. The second-order valence-corrected chi connectivity index (χ2v) is 4.05. The SMILES string of the molecule is Cc1ncoc1C(=O)NC(CCl)C(C)C. The molecule has 0 aliphatic carbocycles. The van der Waals surface area contributed by atoms with Crippen LogP contribution in [0.25, 0.3) is 0 Å². The van der Waals surface area contributed by atoms with Gasteiger partial charge in [-0.2, -0.15) is 0 Å². The number of aromatic nitrogens is 1. The minimum absolute atomic E-state index is 0.0522. The number of hydrogen-bond donors (Lipinski definition) is 1. The molecule has 0 bridgehead atoms. The van der Waals surface area contributed by atoms with Gasteiger partial charge in [-0.1, -0.05) is 13.8 Å². The number of aryl methyl sites for hydroxylation is 1. The molecule has 1 amide bonds. The van der Waals surface area contributed by atoms with Gasteiger partial charge in [0.05, 0.1) is 5.69 Å². The third kappa shape index (κ3) is 2.96. The molecule has 1 atom stereocenters. The number of halogens is 1. The number of nitrogens with one attached hydrogen (secondary N) is 1. The lowest BCUT2D eigenvalue weighted by Crippen LogP contribution is -2.39. The summed E-state index contributed by atoms with van der Waals surface area (Å²) < 4.78 is 4.98. The lowest BCUT2D eigenvalue weighted by Gasteiger charge is -2.18. The van der Waals surface area contributed by atoms with Crippen molar-refractivity contribution in [2.45, 2.75) is 26.8 Å². The van der Waals surface area contributed by atoms with E-state index in [1.807, 2.05) is 13.8 Å². The molecule has 1 unspecified atom stereocenters. The Morgan fingerprint density at radius 3 is 2.73 bits per heavy atom. The summed E-state index contributed by atoms with van der Waals surface area (Å²) in [5.41, 5.74) is 0.588. The fourth-order valence-electron chi connectivity index (χ4n) is 1.14. The van der Waals surface area contributed by atoms with E-state index >= 15 is 0 Å². The van der Waals surface area contributed by atoms with E-state index in [1.54, 1.807) is 6.92 Å². The Bertz CT molecular complexity index is 336. The van der Waals surface area contributed by atoms with Gasteiger partial charge in [0.1, 0.15) is 0 Å². The van der Waals surface area contributed by atoms with Crippen molar-refractivity contribution in [2.75, 3.05) is 5.88 Å². The molecule has 0 fully saturated rings. The zero-order valence-corrected chi connectivity index (χ0v) is 9.84. The van der Waals surface area contributed by atoms with Crippen molar-refractivity contribution in [3.8, 4) is 0 Å². The van der Waals surface area contributed by atoms with Crippen molar-refractivity contribution in [2.24, 2.45) is 5.92 Å². The van der Waals surface area contributed by atoms with Gasteiger partial charge in [0.2, 0.25) is 5.76 Å². The highest BCUT2D eigenvalue weighted by molar-refractivity contribution is 6.18. The largest absolute Gasteiger partial charge is 0.438 e. The van der Waals surface area contributed by atoms with Gasteiger partial charge in [0.25, 0.3) is 5.91 Å². The first-order valence-corrected chi connectivity index (χ1v) is 5.36. The minimum Gasteiger partial charge on any atom is -0.438 e. The lowest BCUT2D eigenvalue weighted by molar-refractivity contribution is 0.0902. The monoisotopic (exact) mass is 230 g/mol. The molecule has 0 aromatic carbocycles. The Hall–Kier alpha value is -1.03. The van der Waals surface area contributed by atoms with Gasteiger partial charge in [-0.05, 0) is 12.8 Å². The van der Waals surface area contributed by atoms with Gasteiger partial charge in [0, 0.05) is 11.9 Å². The smallest absolute Gasteiger partial charge is 0.289 e. The van der Waals surface area contributed by atoms with E-state index in [9.17, 15) is 4.79 Å². The van der Waals surface area contributed by atoms with E-state index in [1.165, 1.54) is 6.39 Å². The standard InChI is InChI=1S/C10H15ClN2O2/c1-6(2)8(4-11)13-10(14)9-7(3)12-5-15-9/h5-6,8H,4H2,1-3H3,(H,13,14). The van der Waals surface area contributed by atoms with Gasteiger partial charge < -0.3 is 9.73 Å². The van der Waals surface area contributed by atoms with Crippen LogP contribution in [0.1, 0.15) is 30.1 Å². The summed E-state index contributed by atoms with van der Waals surface area (Å²) in [6, 6.07) is -0.0522. The lowest BCUT2D eigenvalue weighted by atomic mass is 10.1. The first-order valence-electron chi connectivity index (χ1n) is 4.83. The van der Waals surface area contributed by atoms with Crippen molar-refractivity contribution in [1.82, 2.24) is 10.3 Å².